The maximum Gasteiger partial charge on any atom is 0.416 e. The number of rotatable bonds is 4. The van der Waals surface area contributed by atoms with Crippen LogP contribution in [-0.4, -0.2) is 21.4 Å². The van der Waals surface area contributed by atoms with E-state index in [1.165, 1.54) is 12.1 Å². The minimum Gasteiger partial charge on any atom is -0.460 e. The smallest absolute Gasteiger partial charge is 0.416 e. The molecule has 0 atom stereocenters. The molecule has 0 radical (unpaired) electrons. The Morgan fingerprint density at radius 2 is 1.83 bits per heavy atom. The number of benzene rings is 2. The number of furan rings is 1. The second-order valence-electron chi connectivity index (χ2n) is 8.27. The molecule has 2 aromatic heterocycles. The van der Waals surface area contributed by atoms with Crippen molar-refractivity contribution in [3.8, 4) is 22.7 Å². The summed E-state index contributed by atoms with van der Waals surface area (Å²) in [7, 11) is 0. The third-order valence-electron chi connectivity index (χ3n) is 5.87. The number of nitrogens with zero attached hydrogens (tertiary/aromatic N) is 2. The largest absolute Gasteiger partial charge is 0.460 e. The molecule has 180 valence electrons. The predicted octanol–water partition coefficient (Wildman–Crippen LogP) is 6.58. The Bertz CT molecular complexity index is 1450. The van der Waals surface area contributed by atoms with E-state index in [1.54, 1.807) is 18.2 Å². The first-order valence-corrected chi connectivity index (χ1v) is 11.5. The molecule has 3 heterocycles. The predicted molar refractivity (Wildman–Crippen MR) is 127 cm³/mol. The zero-order chi connectivity index (χ0) is 24.7. The molecule has 0 bridgehead atoms. The molecule has 2 aromatic carbocycles. The molecular weight excluding hydrogens is 502 g/mol. The highest BCUT2D eigenvalue weighted by Gasteiger charge is 2.30. The van der Waals surface area contributed by atoms with Crippen LogP contribution in [0.25, 0.3) is 22.7 Å². The van der Waals surface area contributed by atoms with Crippen molar-refractivity contribution in [2.24, 2.45) is 0 Å². The van der Waals surface area contributed by atoms with Gasteiger partial charge in [-0.25, -0.2) is 4.98 Å². The van der Waals surface area contributed by atoms with Crippen LogP contribution in [0.4, 0.5) is 13.2 Å². The van der Waals surface area contributed by atoms with E-state index in [1.807, 2.05) is 12.1 Å². The Morgan fingerprint density at radius 3 is 2.54 bits per heavy atom. The molecule has 35 heavy (non-hydrogen) atoms. The van der Waals surface area contributed by atoms with Gasteiger partial charge in [0.15, 0.2) is 0 Å². The summed E-state index contributed by atoms with van der Waals surface area (Å²) in [5, 5.41) is 1.03. The van der Waals surface area contributed by atoms with Crippen molar-refractivity contribution in [3.63, 3.8) is 0 Å². The molecule has 5 rings (SSSR count). The van der Waals surface area contributed by atoms with Crippen LogP contribution >= 0.6 is 23.2 Å². The van der Waals surface area contributed by atoms with Gasteiger partial charge in [-0.1, -0.05) is 35.3 Å². The van der Waals surface area contributed by atoms with Crippen molar-refractivity contribution >= 4 is 23.2 Å². The van der Waals surface area contributed by atoms with Crippen molar-refractivity contribution < 1.29 is 17.6 Å². The molecule has 4 aromatic rings. The molecule has 0 fully saturated rings. The van der Waals surface area contributed by atoms with Crippen LogP contribution in [0.3, 0.4) is 0 Å². The van der Waals surface area contributed by atoms with Crippen LogP contribution in [0.2, 0.25) is 10.0 Å². The van der Waals surface area contributed by atoms with Crippen LogP contribution < -0.4 is 5.56 Å². The molecular formula is C25H18Cl2F3N3O2. The summed E-state index contributed by atoms with van der Waals surface area (Å²) in [5.74, 6) is 1.60. The third-order valence-corrected chi connectivity index (χ3v) is 6.42. The summed E-state index contributed by atoms with van der Waals surface area (Å²) >= 11 is 12.2. The number of fused-ring (bicyclic) bond motifs is 1. The summed E-state index contributed by atoms with van der Waals surface area (Å²) in [4.78, 5) is 22.1. The van der Waals surface area contributed by atoms with E-state index in [2.05, 4.69) is 14.9 Å². The van der Waals surface area contributed by atoms with E-state index in [0.29, 0.717) is 58.7 Å². The highest BCUT2D eigenvalue weighted by Crippen LogP contribution is 2.33. The van der Waals surface area contributed by atoms with Gasteiger partial charge >= 0.3 is 6.18 Å². The zero-order valence-corrected chi connectivity index (χ0v) is 19.6. The molecule has 0 unspecified atom stereocenters. The summed E-state index contributed by atoms with van der Waals surface area (Å²) in [5.41, 5.74) is 1.29. The molecule has 0 saturated carbocycles. The number of aromatic amines is 1. The van der Waals surface area contributed by atoms with Gasteiger partial charge in [-0.15, -0.1) is 0 Å². The van der Waals surface area contributed by atoms with Gasteiger partial charge in [0.2, 0.25) is 0 Å². The number of nitrogens with one attached hydrogen (secondary N) is 1. The lowest BCUT2D eigenvalue weighted by molar-refractivity contribution is -0.137. The fourth-order valence-electron chi connectivity index (χ4n) is 4.09. The van der Waals surface area contributed by atoms with Crippen LogP contribution in [0.5, 0.6) is 0 Å². The van der Waals surface area contributed by atoms with E-state index >= 15 is 0 Å². The van der Waals surface area contributed by atoms with Gasteiger partial charge in [-0.05, 0) is 42.5 Å². The van der Waals surface area contributed by atoms with Crippen molar-refractivity contribution in [1.82, 2.24) is 14.9 Å². The van der Waals surface area contributed by atoms with Gasteiger partial charge in [-0.2, -0.15) is 13.2 Å². The first kappa shape index (κ1) is 23.7. The first-order valence-electron chi connectivity index (χ1n) is 10.7. The lowest BCUT2D eigenvalue weighted by Gasteiger charge is -2.26. The summed E-state index contributed by atoms with van der Waals surface area (Å²) in [6.45, 7) is 1.51. The fourth-order valence-corrected chi connectivity index (χ4v) is 4.59. The van der Waals surface area contributed by atoms with Crippen molar-refractivity contribution in [1.29, 1.82) is 0 Å². The van der Waals surface area contributed by atoms with E-state index in [4.69, 9.17) is 27.6 Å². The van der Waals surface area contributed by atoms with Crippen LogP contribution in [-0.2, 0) is 25.7 Å². The van der Waals surface area contributed by atoms with E-state index < -0.39 is 11.7 Å². The lowest BCUT2D eigenvalue weighted by Crippen LogP contribution is -2.35. The molecule has 0 spiro atoms. The number of aromatic nitrogens is 2. The Kier molecular flexibility index (Phi) is 6.21. The molecule has 1 aliphatic rings. The second kappa shape index (κ2) is 9.18. The maximum absolute atomic E-state index is 12.8. The van der Waals surface area contributed by atoms with Gasteiger partial charge in [0, 0.05) is 35.7 Å². The van der Waals surface area contributed by atoms with E-state index in [9.17, 15) is 18.0 Å². The topological polar surface area (TPSA) is 62.1 Å². The summed E-state index contributed by atoms with van der Waals surface area (Å²) < 4.78 is 44.5. The van der Waals surface area contributed by atoms with Gasteiger partial charge in [0.1, 0.15) is 17.3 Å². The zero-order valence-electron chi connectivity index (χ0n) is 18.1. The Labute approximate surface area is 208 Å². The molecule has 5 nitrogen and oxygen atoms in total. The minimum atomic E-state index is -4.42. The van der Waals surface area contributed by atoms with Gasteiger partial charge < -0.3 is 9.40 Å². The monoisotopic (exact) mass is 519 g/mol. The quantitative estimate of drug-likeness (QED) is 0.330. The number of hydrogen-bond acceptors (Lipinski definition) is 4. The van der Waals surface area contributed by atoms with Gasteiger partial charge in [0.25, 0.3) is 5.56 Å². The number of H-pyrrole nitrogens is 1. The number of alkyl halides is 3. The number of hydrogen-bond donors (Lipinski definition) is 1. The first-order chi connectivity index (χ1) is 16.7. The van der Waals surface area contributed by atoms with E-state index in [-0.39, 0.29) is 11.4 Å². The molecule has 10 heteroatoms. The maximum atomic E-state index is 12.8. The lowest BCUT2D eigenvalue weighted by atomic mass is 10.1. The fraction of sp³-hybridized carbons (Fsp3) is 0.200. The number of halogens is 5. The van der Waals surface area contributed by atoms with Crippen molar-refractivity contribution in [2.45, 2.75) is 25.7 Å². The SMILES string of the molecule is O=c1[nH]c(-c2ccc(C(F)(F)F)cc2)nc2c1CN(Cc1ccc(-c3ccc(Cl)cc3Cl)o1)CC2. The van der Waals surface area contributed by atoms with Gasteiger partial charge in [0.05, 0.1) is 28.4 Å². The van der Waals surface area contributed by atoms with Crippen LogP contribution in [0.1, 0.15) is 22.6 Å². The molecule has 0 amide bonds. The third kappa shape index (κ3) is 5.00. The van der Waals surface area contributed by atoms with Crippen molar-refractivity contribution in [2.75, 3.05) is 6.54 Å². The highest BCUT2D eigenvalue weighted by molar-refractivity contribution is 6.36. The van der Waals surface area contributed by atoms with Crippen molar-refractivity contribution in [3.05, 3.63) is 97.6 Å². The molecule has 0 aliphatic carbocycles. The average molecular weight is 520 g/mol. The average Bonchev–Trinajstić information content (AvgIpc) is 3.27. The molecule has 1 aliphatic heterocycles. The summed E-state index contributed by atoms with van der Waals surface area (Å²) in [6, 6.07) is 13.5. The Hall–Kier alpha value is -3.07. The normalized spacial score (nSPS) is 14.2. The summed E-state index contributed by atoms with van der Waals surface area (Å²) in [6.07, 6.45) is -3.89. The highest BCUT2D eigenvalue weighted by atomic mass is 35.5. The molecule has 0 saturated heterocycles. The van der Waals surface area contributed by atoms with Gasteiger partial charge in [-0.3, -0.25) is 9.69 Å². The Morgan fingerprint density at radius 1 is 1.06 bits per heavy atom. The van der Waals surface area contributed by atoms with Crippen LogP contribution in [0, 0.1) is 0 Å². The standard InChI is InChI=1S/C25H18Cl2F3N3O2/c26-16-5-7-18(20(27)11-16)22-8-6-17(35-22)12-33-10-9-21-19(13-33)24(34)32-23(31-21)14-1-3-15(4-2-14)25(28,29)30/h1-8,11H,9-10,12-13H2,(H,31,32,34). The minimum absolute atomic E-state index is 0.256. The Balaban J connectivity index is 1.32. The van der Waals surface area contributed by atoms with Crippen LogP contribution in [0.15, 0.2) is 63.8 Å². The second-order valence-corrected chi connectivity index (χ2v) is 9.11. The van der Waals surface area contributed by atoms with E-state index in [0.717, 1.165) is 23.5 Å². The molecule has 1 N–H and O–H groups in total.